The molecular formula is C17H22O. The first kappa shape index (κ1) is 13.1. The lowest BCUT2D eigenvalue weighted by molar-refractivity contribution is 0.0399. The lowest BCUT2D eigenvalue weighted by Gasteiger charge is -2.26. The third-order valence-electron chi connectivity index (χ3n) is 3.66. The summed E-state index contributed by atoms with van der Waals surface area (Å²) in [4.78, 5) is 0. The molecule has 0 N–H and O–H groups in total. The van der Waals surface area contributed by atoms with Gasteiger partial charge in [0.15, 0.2) is 0 Å². The van der Waals surface area contributed by atoms with Crippen LogP contribution in [0.15, 0.2) is 54.1 Å². The third-order valence-corrected chi connectivity index (χ3v) is 3.66. The summed E-state index contributed by atoms with van der Waals surface area (Å²) in [6, 6.07) is 10.4. The smallest absolute Gasteiger partial charge is 0.116 e. The number of hydrogen-bond acceptors (Lipinski definition) is 1. The van der Waals surface area contributed by atoms with E-state index in [1.54, 1.807) is 0 Å². The SMILES string of the molecule is C=C1COC(C)(c2ccccc2)/C1=C\CCCC. The molecule has 1 aromatic rings. The highest BCUT2D eigenvalue weighted by Crippen LogP contribution is 2.42. The van der Waals surface area contributed by atoms with Crippen molar-refractivity contribution in [1.29, 1.82) is 0 Å². The maximum absolute atomic E-state index is 6.01. The number of ether oxygens (including phenoxy) is 1. The van der Waals surface area contributed by atoms with Gasteiger partial charge >= 0.3 is 0 Å². The van der Waals surface area contributed by atoms with Gasteiger partial charge in [0.05, 0.1) is 6.61 Å². The van der Waals surface area contributed by atoms with E-state index in [1.165, 1.54) is 24.0 Å². The lowest BCUT2D eigenvalue weighted by atomic mass is 9.85. The van der Waals surface area contributed by atoms with Crippen LogP contribution in [0.25, 0.3) is 0 Å². The molecule has 1 aromatic carbocycles. The van der Waals surface area contributed by atoms with Gasteiger partial charge in [0.1, 0.15) is 5.60 Å². The van der Waals surface area contributed by atoms with Crippen LogP contribution in [-0.4, -0.2) is 6.61 Å². The highest BCUT2D eigenvalue weighted by Gasteiger charge is 2.38. The van der Waals surface area contributed by atoms with Crippen LogP contribution >= 0.6 is 0 Å². The topological polar surface area (TPSA) is 9.23 Å². The Kier molecular flexibility index (Phi) is 4.03. The van der Waals surface area contributed by atoms with Crippen LogP contribution in [0, 0.1) is 0 Å². The van der Waals surface area contributed by atoms with E-state index in [4.69, 9.17) is 4.74 Å². The zero-order chi connectivity index (χ0) is 13.0. The van der Waals surface area contributed by atoms with Gasteiger partial charge in [0.25, 0.3) is 0 Å². The molecule has 18 heavy (non-hydrogen) atoms. The minimum Gasteiger partial charge on any atom is -0.361 e. The normalized spacial score (nSPS) is 25.9. The van der Waals surface area contributed by atoms with Gasteiger partial charge in [0.2, 0.25) is 0 Å². The summed E-state index contributed by atoms with van der Waals surface area (Å²) in [5.74, 6) is 0. The first-order chi connectivity index (χ1) is 8.68. The first-order valence-electron chi connectivity index (χ1n) is 6.76. The standard InChI is InChI=1S/C17H22O/c1-4-5-7-12-16-14(2)13-18-17(16,3)15-10-8-6-9-11-15/h6,8-12H,2,4-5,7,13H2,1,3H3/b16-12-. The van der Waals surface area contributed by atoms with Crippen LogP contribution in [0.2, 0.25) is 0 Å². The largest absolute Gasteiger partial charge is 0.361 e. The average Bonchev–Trinajstić information content (AvgIpc) is 2.69. The number of allylic oxidation sites excluding steroid dienone is 1. The molecule has 0 saturated carbocycles. The zero-order valence-electron chi connectivity index (χ0n) is 11.4. The van der Waals surface area contributed by atoms with Crippen LogP contribution < -0.4 is 0 Å². The molecular weight excluding hydrogens is 220 g/mol. The zero-order valence-corrected chi connectivity index (χ0v) is 11.4. The van der Waals surface area contributed by atoms with E-state index in [1.807, 2.05) is 6.07 Å². The Hall–Kier alpha value is -1.34. The van der Waals surface area contributed by atoms with Crippen molar-refractivity contribution < 1.29 is 4.74 Å². The fourth-order valence-electron chi connectivity index (χ4n) is 2.51. The summed E-state index contributed by atoms with van der Waals surface area (Å²) in [6.07, 6.45) is 5.86. The number of unbranched alkanes of at least 4 members (excludes halogenated alkanes) is 2. The van der Waals surface area contributed by atoms with Crippen LogP contribution in [0.5, 0.6) is 0 Å². The van der Waals surface area contributed by atoms with Crippen molar-refractivity contribution in [3.63, 3.8) is 0 Å². The van der Waals surface area contributed by atoms with Crippen molar-refractivity contribution in [2.45, 2.75) is 38.7 Å². The van der Waals surface area contributed by atoms with E-state index in [2.05, 4.69) is 50.8 Å². The average molecular weight is 242 g/mol. The van der Waals surface area contributed by atoms with Crippen molar-refractivity contribution in [1.82, 2.24) is 0 Å². The Morgan fingerprint density at radius 3 is 2.72 bits per heavy atom. The predicted molar refractivity (Wildman–Crippen MR) is 76.5 cm³/mol. The van der Waals surface area contributed by atoms with Gasteiger partial charge < -0.3 is 4.74 Å². The fourth-order valence-corrected chi connectivity index (χ4v) is 2.51. The van der Waals surface area contributed by atoms with Crippen LogP contribution in [0.4, 0.5) is 0 Å². The van der Waals surface area contributed by atoms with Gasteiger partial charge in [-0.3, -0.25) is 0 Å². The summed E-state index contributed by atoms with van der Waals surface area (Å²) in [7, 11) is 0. The fraction of sp³-hybridized carbons (Fsp3) is 0.412. The number of rotatable bonds is 4. The van der Waals surface area contributed by atoms with Crippen molar-refractivity contribution in [3.8, 4) is 0 Å². The van der Waals surface area contributed by atoms with Crippen LogP contribution in [0.3, 0.4) is 0 Å². The number of benzene rings is 1. The molecule has 1 nitrogen and oxygen atoms in total. The summed E-state index contributed by atoms with van der Waals surface area (Å²) in [6.45, 7) is 9.15. The van der Waals surface area contributed by atoms with E-state index < -0.39 is 0 Å². The highest BCUT2D eigenvalue weighted by molar-refractivity contribution is 5.46. The van der Waals surface area contributed by atoms with E-state index >= 15 is 0 Å². The molecule has 1 heterocycles. The molecule has 1 aliphatic heterocycles. The Morgan fingerprint density at radius 2 is 2.06 bits per heavy atom. The Balaban J connectivity index is 2.30. The van der Waals surface area contributed by atoms with E-state index in [0.717, 1.165) is 12.0 Å². The second kappa shape index (κ2) is 5.53. The molecule has 0 aromatic heterocycles. The summed E-state index contributed by atoms with van der Waals surface area (Å²) in [5, 5.41) is 0. The van der Waals surface area contributed by atoms with Crippen molar-refractivity contribution in [2.75, 3.05) is 6.61 Å². The molecule has 0 spiro atoms. The van der Waals surface area contributed by atoms with Crippen molar-refractivity contribution >= 4 is 0 Å². The molecule has 0 aliphatic carbocycles. The predicted octanol–water partition coefficient (Wildman–Crippen LogP) is 4.60. The summed E-state index contributed by atoms with van der Waals surface area (Å²) < 4.78 is 6.01. The summed E-state index contributed by atoms with van der Waals surface area (Å²) in [5.41, 5.74) is 3.29. The lowest BCUT2D eigenvalue weighted by Crippen LogP contribution is -2.22. The van der Waals surface area contributed by atoms with Gasteiger partial charge in [0, 0.05) is 0 Å². The molecule has 2 rings (SSSR count). The minimum absolute atomic E-state index is 0.313. The van der Waals surface area contributed by atoms with Gasteiger partial charge in [-0.1, -0.05) is 62.8 Å². The maximum Gasteiger partial charge on any atom is 0.116 e. The van der Waals surface area contributed by atoms with Gasteiger partial charge in [-0.25, -0.2) is 0 Å². The van der Waals surface area contributed by atoms with E-state index in [0.29, 0.717) is 6.61 Å². The van der Waals surface area contributed by atoms with Gasteiger partial charge in [-0.15, -0.1) is 0 Å². The Labute approximate surface area is 110 Å². The third kappa shape index (κ3) is 2.41. The second-order valence-corrected chi connectivity index (χ2v) is 5.05. The monoisotopic (exact) mass is 242 g/mol. The molecule has 1 fully saturated rings. The molecule has 0 amide bonds. The molecule has 0 bridgehead atoms. The second-order valence-electron chi connectivity index (χ2n) is 5.05. The van der Waals surface area contributed by atoms with E-state index in [-0.39, 0.29) is 5.60 Å². The molecule has 1 unspecified atom stereocenters. The van der Waals surface area contributed by atoms with E-state index in [9.17, 15) is 0 Å². The van der Waals surface area contributed by atoms with Crippen LogP contribution in [-0.2, 0) is 10.3 Å². The van der Waals surface area contributed by atoms with Crippen molar-refractivity contribution in [2.24, 2.45) is 0 Å². The Morgan fingerprint density at radius 1 is 1.33 bits per heavy atom. The molecule has 1 aliphatic rings. The first-order valence-corrected chi connectivity index (χ1v) is 6.76. The van der Waals surface area contributed by atoms with Crippen LogP contribution in [0.1, 0.15) is 38.7 Å². The molecule has 0 radical (unpaired) electrons. The number of hydrogen-bond donors (Lipinski definition) is 0. The van der Waals surface area contributed by atoms with Gasteiger partial charge in [-0.2, -0.15) is 0 Å². The quantitative estimate of drug-likeness (QED) is 0.701. The summed E-state index contributed by atoms with van der Waals surface area (Å²) >= 11 is 0. The maximum atomic E-state index is 6.01. The highest BCUT2D eigenvalue weighted by atomic mass is 16.5. The minimum atomic E-state index is -0.313. The Bertz CT molecular complexity index is 444. The van der Waals surface area contributed by atoms with Crippen molar-refractivity contribution in [3.05, 3.63) is 59.7 Å². The molecule has 1 atom stereocenters. The van der Waals surface area contributed by atoms with Gasteiger partial charge in [-0.05, 0) is 30.1 Å². The molecule has 1 heteroatoms. The molecule has 96 valence electrons. The molecule has 1 saturated heterocycles.